The van der Waals surface area contributed by atoms with Crippen LogP contribution in [-0.4, -0.2) is 14.1 Å². The minimum absolute atomic E-state index is 0. The van der Waals surface area contributed by atoms with Crippen LogP contribution in [0.3, 0.4) is 0 Å². The molecular formula is C44H28N5OPt-3. The van der Waals surface area contributed by atoms with Crippen molar-refractivity contribution >= 4 is 55.5 Å². The molecule has 0 fully saturated rings. The summed E-state index contributed by atoms with van der Waals surface area (Å²) in [6.45, 7) is 2.10. The van der Waals surface area contributed by atoms with Crippen LogP contribution in [0.4, 0.5) is 22.7 Å². The van der Waals surface area contributed by atoms with Gasteiger partial charge in [0, 0.05) is 84.7 Å². The number of para-hydroxylation sites is 5. The summed E-state index contributed by atoms with van der Waals surface area (Å²) in [6.07, 6.45) is 4.04. The first-order valence-electron chi connectivity index (χ1n) is 16.5. The average molecular weight is 838 g/mol. The number of ether oxygens (including phenoxy) is 1. The molecule has 1 aliphatic heterocycles. The first kappa shape index (κ1) is 30.9. The second-order valence-corrected chi connectivity index (χ2v) is 12.2. The molecule has 51 heavy (non-hydrogen) atoms. The molecule has 7 heteroatoms. The SMILES string of the molecule is [Pt].[c-]1c(Oc2[c-]c3c(cc2)c2ccccc2n3-c2cc3c(ccn3-c3ccccc3)cn2)cccc1N1[CH-]N(c2ccccc2)c2ccccc21. The van der Waals surface area contributed by atoms with Crippen LogP contribution in [0.15, 0.2) is 164 Å². The van der Waals surface area contributed by atoms with Crippen LogP contribution in [-0.2, 0) is 21.1 Å². The monoisotopic (exact) mass is 837 g/mol. The number of rotatable bonds is 6. The first-order valence-corrected chi connectivity index (χ1v) is 16.5. The standard InChI is InChI=1S/C44H28N5O.Pt/c1-3-12-32(13-4-1)46-25-24-31-29-45-44(28-42(31)46)49-39-19-8-7-18-37(39)38-23-22-36(27-43(38)49)50-35-17-11-16-34(26-35)48-30-47(33-14-5-2-6-15-33)40-20-9-10-21-41(40)48;/h1-25,28-30H;/q-3;. The minimum atomic E-state index is 0. The summed E-state index contributed by atoms with van der Waals surface area (Å²) in [5.41, 5.74) is 8.28. The summed E-state index contributed by atoms with van der Waals surface area (Å²) in [5, 5.41) is 3.28. The molecule has 0 spiro atoms. The smallest absolute Gasteiger partial charge is 0.137 e. The fourth-order valence-corrected chi connectivity index (χ4v) is 6.98. The molecule has 10 rings (SSSR count). The predicted octanol–water partition coefficient (Wildman–Crippen LogP) is 10.9. The van der Waals surface area contributed by atoms with Crippen LogP contribution >= 0.6 is 0 Å². The molecular weight excluding hydrogens is 810 g/mol. The van der Waals surface area contributed by atoms with E-state index in [-0.39, 0.29) is 21.1 Å². The van der Waals surface area contributed by atoms with Crippen molar-refractivity contribution in [2.24, 2.45) is 0 Å². The van der Waals surface area contributed by atoms with Crippen molar-refractivity contribution in [3.8, 4) is 23.0 Å². The molecule has 4 heterocycles. The Morgan fingerprint density at radius 1 is 0.569 bits per heavy atom. The van der Waals surface area contributed by atoms with Gasteiger partial charge in [0.2, 0.25) is 0 Å². The van der Waals surface area contributed by atoms with E-state index in [1.54, 1.807) is 0 Å². The Balaban J connectivity index is 0.00000348. The van der Waals surface area contributed by atoms with Gasteiger partial charge in [0.15, 0.2) is 0 Å². The maximum absolute atomic E-state index is 6.50. The summed E-state index contributed by atoms with van der Waals surface area (Å²) < 4.78 is 10.9. The fourth-order valence-electron chi connectivity index (χ4n) is 6.98. The van der Waals surface area contributed by atoms with Crippen LogP contribution in [0.5, 0.6) is 11.5 Å². The number of benzene rings is 6. The summed E-state index contributed by atoms with van der Waals surface area (Å²) in [6, 6.07) is 59.0. The van der Waals surface area contributed by atoms with Crippen LogP contribution in [0.2, 0.25) is 0 Å². The van der Waals surface area contributed by atoms with E-state index in [1.165, 1.54) is 0 Å². The van der Waals surface area contributed by atoms with E-state index in [0.717, 1.165) is 67.0 Å². The molecule has 0 radical (unpaired) electrons. The van der Waals surface area contributed by atoms with Gasteiger partial charge >= 0.3 is 0 Å². The van der Waals surface area contributed by atoms with Crippen molar-refractivity contribution in [2.45, 2.75) is 0 Å². The Hall–Kier alpha value is -6.10. The summed E-state index contributed by atoms with van der Waals surface area (Å²) >= 11 is 0. The number of hydrogen-bond donors (Lipinski definition) is 0. The third kappa shape index (κ3) is 5.27. The maximum Gasteiger partial charge on any atom is 0.137 e. The number of nitrogens with zero attached hydrogens (tertiary/aromatic N) is 5. The second kappa shape index (κ2) is 12.7. The van der Waals surface area contributed by atoms with Crippen molar-refractivity contribution in [1.82, 2.24) is 14.1 Å². The van der Waals surface area contributed by atoms with E-state index in [0.29, 0.717) is 11.5 Å². The van der Waals surface area contributed by atoms with Gasteiger partial charge in [0.1, 0.15) is 5.82 Å². The van der Waals surface area contributed by atoms with Gasteiger partial charge in [0.25, 0.3) is 0 Å². The first-order chi connectivity index (χ1) is 24.8. The Morgan fingerprint density at radius 2 is 1.27 bits per heavy atom. The molecule has 0 unspecified atom stereocenters. The zero-order chi connectivity index (χ0) is 33.0. The average Bonchev–Trinajstić information content (AvgIpc) is 3.87. The Kier molecular flexibility index (Phi) is 7.67. The molecule has 3 aromatic heterocycles. The molecule has 1 aliphatic rings. The van der Waals surface area contributed by atoms with Gasteiger partial charge in [-0.3, -0.25) is 0 Å². The third-order valence-corrected chi connectivity index (χ3v) is 9.28. The zero-order valence-corrected chi connectivity index (χ0v) is 29.4. The van der Waals surface area contributed by atoms with Crippen molar-refractivity contribution in [3.05, 3.63) is 183 Å². The van der Waals surface area contributed by atoms with E-state index in [4.69, 9.17) is 9.72 Å². The Bertz CT molecular complexity index is 2690. The van der Waals surface area contributed by atoms with Gasteiger partial charge in [-0.05, 0) is 53.9 Å². The quantitative estimate of drug-likeness (QED) is 0.156. The minimum Gasteiger partial charge on any atom is -0.509 e. The molecule has 0 bridgehead atoms. The van der Waals surface area contributed by atoms with Crippen LogP contribution in [0.25, 0.3) is 44.2 Å². The van der Waals surface area contributed by atoms with E-state index in [2.05, 4.69) is 159 Å². The van der Waals surface area contributed by atoms with E-state index in [9.17, 15) is 0 Å². The van der Waals surface area contributed by atoms with Crippen LogP contribution in [0, 0.1) is 18.8 Å². The van der Waals surface area contributed by atoms with Gasteiger partial charge in [-0.15, -0.1) is 48.1 Å². The maximum atomic E-state index is 6.50. The van der Waals surface area contributed by atoms with Crippen LogP contribution < -0.4 is 14.5 Å². The van der Waals surface area contributed by atoms with Crippen molar-refractivity contribution in [3.63, 3.8) is 0 Å². The van der Waals surface area contributed by atoms with E-state index < -0.39 is 0 Å². The van der Waals surface area contributed by atoms with Gasteiger partial charge < -0.3 is 23.7 Å². The molecule has 0 atom stereocenters. The molecule has 0 saturated carbocycles. The Labute approximate surface area is 309 Å². The van der Waals surface area contributed by atoms with Crippen molar-refractivity contribution < 1.29 is 25.8 Å². The number of fused-ring (bicyclic) bond motifs is 5. The number of aromatic nitrogens is 3. The van der Waals surface area contributed by atoms with Gasteiger partial charge in [0.05, 0.1) is 5.52 Å². The molecule has 248 valence electrons. The zero-order valence-electron chi connectivity index (χ0n) is 27.1. The topological polar surface area (TPSA) is 38.5 Å². The summed E-state index contributed by atoms with van der Waals surface area (Å²) in [7, 11) is 0. The normalized spacial score (nSPS) is 12.4. The Morgan fingerprint density at radius 3 is 2.10 bits per heavy atom. The molecule has 6 aromatic carbocycles. The van der Waals surface area contributed by atoms with E-state index in [1.807, 2.05) is 42.6 Å². The number of anilines is 4. The van der Waals surface area contributed by atoms with E-state index >= 15 is 0 Å². The van der Waals surface area contributed by atoms with Gasteiger partial charge in [-0.1, -0.05) is 72.2 Å². The van der Waals surface area contributed by atoms with Crippen LogP contribution in [0.1, 0.15) is 0 Å². The summed E-state index contributed by atoms with van der Waals surface area (Å²) in [4.78, 5) is 9.28. The number of hydrogen-bond acceptors (Lipinski definition) is 4. The molecule has 6 nitrogen and oxygen atoms in total. The van der Waals surface area contributed by atoms with Crippen molar-refractivity contribution in [2.75, 3.05) is 9.80 Å². The van der Waals surface area contributed by atoms with Crippen molar-refractivity contribution in [1.29, 1.82) is 0 Å². The van der Waals surface area contributed by atoms with Gasteiger partial charge in [-0.2, -0.15) is 12.1 Å². The largest absolute Gasteiger partial charge is 0.509 e. The molecule has 9 aromatic rings. The second-order valence-electron chi connectivity index (χ2n) is 12.2. The third-order valence-electron chi connectivity index (χ3n) is 9.28. The van der Waals surface area contributed by atoms with Gasteiger partial charge in [-0.25, -0.2) is 4.98 Å². The molecule has 0 saturated heterocycles. The number of pyridine rings is 1. The predicted molar refractivity (Wildman–Crippen MR) is 201 cm³/mol. The summed E-state index contributed by atoms with van der Waals surface area (Å²) in [5.74, 6) is 2.01. The molecule has 0 N–H and O–H groups in total. The molecule has 0 amide bonds. The fraction of sp³-hybridized carbons (Fsp3) is 0. The molecule has 0 aliphatic carbocycles.